The van der Waals surface area contributed by atoms with Crippen LogP contribution in [-0.2, 0) is 11.2 Å². The van der Waals surface area contributed by atoms with Crippen molar-refractivity contribution in [2.45, 2.75) is 13.3 Å². The van der Waals surface area contributed by atoms with Crippen molar-refractivity contribution in [3.8, 4) is 11.5 Å². The molecule has 0 spiro atoms. The van der Waals surface area contributed by atoms with Crippen LogP contribution in [0.5, 0.6) is 11.5 Å². The van der Waals surface area contributed by atoms with Crippen molar-refractivity contribution in [3.05, 3.63) is 23.3 Å². The lowest BCUT2D eigenvalue weighted by Gasteiger charge is -2.17. The second-order valence-corrected chi connectivity index (χ2v) is 4.70. The molecule has 0 saturated carbocycles. The first-order valence-corrected chi connectivity index (χ1v) is 6.70. The average molecular weight is 269 g/mol. The van der Waals surface area contributed by atoms with Crippen LogP contribution in [0.3, 0.4) is 0 Å². The maximum Gasteiger partial charge on any atom is 0.209 e. The van der Waals surface area contributed by atoms with E-state index >= 15 is 0 Å². The Labute approximate surface area is 110 Å². The van der Waals surface area contributed by atoms with Crippen LogP contribution in [0.2, 0.25) is 0 Å². The zero-order chi connectivity index (χ0) is 13.5. The minimum absolute atomic E-state index is 0.226. The third-order valence-corrected chi connectivity index (χ3v) is 3.13. The fourth-order valence-corrected chi connectivity index (χ4v) is 2.18. The van der Waals surface area contributed by atoms with Gasteiger partial charge in [0.1, 0.15) is 11.5 Å². The summed E-state index contributed by atoms with van der Waals surface area (Å²) < 4.78 is 5.09. The number of methoxy groups -OCH3 is 1. The van der Waals surface area contributed by atoms with Gasteiger partial charge in [-0.05, 0) is 36.7 Å². The molecule has 1 aromatic rings. The van der Waals surface area contributed by atoms with Crippen molar-refractivity contribution >= 4 is 15.6 Å². The Hall–Kier alpha value is -1.28. The number of benzene rings is 1. The van der Waals surface area contributed by atoms with Crippen LogP contribution in [0.4, 0.5) is 0 Å². The highest BCUT2D eigenvalue weighted by Gasteiger charge is 2.09. The van der Waals surface area contributed by atoms with E-state index in [4.69, 9.17) is 4.74 Å². The molecule has 4 nitrogen and oxygen atoms in total. The molecular weight excluding hydrogens is 249 g/mol. The summed E-state index contributed by atoms with van der Waals surface area (Å²) in [5.41, 5.74) is 1.84. The topological polar surface area (TPSA) is 49.8 Å². The second kappa shape index (κ2) is 7.22. The summed E-state index contributed by atoms with van der Waals surface area (Å²) in [5, 5.41) is 9.93. The first-order chi connectivity index (χ1) is 8.62. The summed E-state index contributed by atoms with van der Waals surface area (Å²) in [6.45, 7) is 3.25. The molecule has 100 valence electrons. The summed E-state index contributed by atoms with van der Waals surface area (Å²) in [7, 11) is 4.17. The molecule has 1 atom stereocenters. The van der Waals surface area contributed by atoms with Gasteiger partial charge in [0.25, 0.3) is 0 Å². The molecule has 0 heterocycles. The first-order valence-electron chi connectivity index (χ1n) is 5.88. The molecule has 1 aromatic carbocycles. The fraction of sp³-hybridized carbons (Fsp3) is 0.462. The van der Waals surface area contributed by atoms with E-state index in [0.717, 1.165) is 23.7 Å². The molecule has 18 heavy (non-hydrogen) atoms. The zero-order valence-corrected chi connectivity index (χ0v) is 12.0. The molecular formula is C13H20NO3P. The van der Waals surface area contributed by atoms with Gasteiger partial charge in [0, 0.05) is 19.2 Å². The Bertz CT molecular complexity index is 386. The molecule has 1 rings (SSSR count). The van der Waals surface area contributed by atoms with Crippen LogP contribution in [0.1, 0.15) is 11.1 Å². The van der Waals surface area contributed by atoms with E-state index in [-0.39, 0.29) is 5.75 Å². The molecule has 0 aliphatic heterocycles. The molecule has 0 aromatic heterocycles. The number of nitrogens with zero attached hydrogens (tertiary/aromatic N) is 1. The van der Waals surface area contributed by atoms with E-state index in [0.29, 0.717) is 25.3 Å². The molecule has 0 radical (unpaired) electrons. The second-order valence-electron chi connectivity index (χ2n) is 4.12. The minimum atomic E-state index is 0.226. The Morgan fingerprint density at radius 3 is 2.67 bits per heavy atom. The van der Waals surface area contributed by atoms with E-state index < -0.39 is 0 Å². The third kappa shape index (κ3) is 3.88. The molecule has 1 N–H and O–H groups in total. The number of carbonyl (C=O) groups excluding carboxylic acids is 1. The third-order valence-electron chi connectivity index (χ3n) is 2.87. The number of ether oxygens (including phenoxy) is 1. The smallest absolute Gasteiger partial charge is 0.209 e. The van der Waals surface area contributed by atoms with Crippen molar-refractivity contribution in [1.29, 1.82) is 0 Å². The van der Waals surface area contributed by atoms with Crippen LogP contribution in [-0.4, -0.2) is 42.8 Å². The zero-order valence-electron chi connectivity index (χ0n) is 10.8. The highest BCUT2D eigenvalue weighted by Crippen LogP contribution is 2.27. The van der Waals surface area contributed by atoms with Gasteiger partial charge in [-0.15, -0.1) is 9.24 Å². The van der Waals surface area contributed by atoms with Crippen LogP contribution >= 0.6 is 9.24 Å². The number of amides is 1. The largest absolute Gasteiger partial charge is 0.508 e. The predicted octanol–water partition coefficient (Wildman–Crippen LogP) is 1.59. The quantitative estimate of drug-likeness (QED) is 0.604. The van der Waals surface area contributed by atoms with E-state index in [9.17, 15) is 9.90 Å². The Kier molecular flexibility index (Phi) is 5.93. The number of carbonyl (C=O) groups is 1. The van der Waals surface area contributed by atoms with E-state index in [1.54, 1.807) is 18.1 Å². The Balaban J connectivity index is 2.75. The summed E-state index contributed by atoms with van der Waals surface area (Å²) >= 11 is 0. The van der Waals surface area contributed by atoms with Gasteiger partial charge >= 0.3 is 0 Å². The molecule has 5 heteroatoms. The lowest BCUT2D eigenvalue weighted by molar-refractivity contribution is -0.117. The summed E-state index contributed by atoms with van der Waals surface area (Å²) in [5.74, 6) is 0.870. The van der Waals surface area contributed by atoms with Crippen molar-refractivity contribution in [3.63, 3.8) is 0 Å². The maximum absolute atomic E-state index is 10.8. The molecule has 1 unspecified atom stereocenters. The predicted molar refractivity (Wildman–Crippen MR) is 75.3 cm³/mol. The van der Waals surface area contributed by atoms with Gasteiger partial charge in [-0.2, -0.15) is 0 Å². The molecule has 0 bridgehead atoms. The minimum Gasteiger partial charge on any atom is -0.508 e. The first kappa shape index (κ1) is 14.8. The van der Waals surface area contributed by atoms with Crippen LogP contribution in [0, 0.1) is 6.92 Å². The highest BCUT2D eigenvalue weighted by molar-refractivity contribution is 7.16. The summed E-state index contributed by atoms with van der Waals surface area (Å²) in [6.07, 6.45) is 2.34. The van der Waals surface area contributed by atoms with Gasteiger partial charge < -0.3 is 14.7 Å². The number of aryl methyl sites for hydroxylation is 1. The fourth-order valence-electron chi connectivity index (χ4n) is 1.85. The van der Waals surface area contributed by atoms with Crippen LogP contribution < -0.4 is 4.74 Å². The van der Waals surface area contributed by atoms with Crippen LogP contribution in [0.25, 0.3) is 0 Å². The van der Waals surface area contributed by atoms with Crippen molar-refractivity contribution in [2.24, 2.45) is 0 Å². The monoisotopic (exact) mass is 269 g/mol. The summed E-state index contributed by atoms with van der Waals surface area (Å²) in [6, 6.07) is 3.49. The van der Waals surface area contributed by atoms with Gasteiger partial charge in [-0.25, -0.2) is 0 Å². The summed E-state index contributed by atoms with van der Waals surface area (Å²) in [4.78, 5) is 12.5. The average Bonchev–Trinajstić information content (AvgIpc) is 2.36. The number of rotatable bonds is 7. The molecule has 1 amide bonds. The lowest BCUT2D eigenvalue weighted by atomic mass is 10.0. The maximum atomic E-state index is 10.8. The number of phenolic OH excluding ortho intramolecular Hbond substituents is 1. The molecule has 0 aliphatic rings. The number of hydrogen-bond donors (Lipinski definition) is 1. The molecule has 0 aliphatic carbocycles. The van der Waals surface area contributed by atoms with E-state index in [1.807, 2.05) is 13.0 Å². The van der Waals surface area contributed by atoms with E-state index in [1.165, 1.54) is 0 Å². The number of aromatic hydroxyl groups is 1. The SMILES string of the molecule is COc1cc(C)c(CCN(C=O)CCP)c(O)c1. The molecule has 0 saturated heterocycles. The normalized spacial score (nSPS) is 10.2. The van der Waals surface area contributed by atoms with Crippen LogP contribution in [0.15, 0.2) is 12.1 Å². The Morgan fingerprint density at radius 1 is 1.44 bits per heavy atom. The number of hydrogen-bond acceptors (Lipinski definition) is 3. The standard InChI is InChI=1S/C13H20NO3P/c1-10-7-11(17-2)8-13(16)12(10)3-4-14(9-15)5-6-18/h7-9,16H,3-6,18H2,1-2H3. The van der Waals surface area contributed by atoms with Gasteiger partial charge in [0.15, 0.2) is 0 Å². The van der Waals surface area contributed by atoms with E-state index in [2.05, 4.69) is 9.24 Å². The van der Waals surface area contributed by atoms with Crippen molar-refractivity contribution < 1.29 is 14.6 Å². The Morgan fingerprint density at radius 2 is 2.17 bits per heavy atom. The van der Waals surface area contributed by atoms with Crippen molar-refractivity contribution in [2.75, 3.05) is 26.4 Å². The van der Waals surface area contributed by atoms with Gasteiger partial charge in [0.2, 0.25) is 6.41 Å². The molecule has 0 fully saturated rings. The van der Waals surface area contributed by atoms with Crippen molar-refractivity contribution in [1.82, 2.24) is 4.90 Å². The number of phenols is 1. The highest BCUT2D eigenvalue weighted by atomic mass is 31.0. The van der Waals surface area contributed by atoms with Gasteiger partial charge in [0.05, 0.1) is 7.11 Å². The lowest BCUT2D eigenvalue weighted by Crippen LogP contribution is -2.26. The van der Waals surface area contributed by atoms with Gasteiger partial charge in [-0.3, -0.25) is 4.79 Å². The van der Waals surface area contributed by atoms with Gasteiger partial charge in [-0.1, -0.05) is 0 Å².